The Kier molecular flexibility index (Phi) is 8.12. The molecule has 1 aromatic rings. The van der Waals surface area contributed by atoms with Crippen molar-refractivity contribution in [2.75, 3.05) is 25.4 Å². The van der Waals surface area contributed by atoms with E-state index in [9.17, 15) is 0 Å². The van der Waals surface area contributed by atoms with Crippen LogP contribution >= 0.6 is 35.7 Å². The molecule has 26 heavy (non-hydrogen) atoms. The van der Waals surface area contributed by atoms with Crippen LogP contribution < -0.4 is 5.32 Å². The molecule has 0 atom stereocenters. The van der Waals surface area contributed by atoms with Crippen LogP contribution in [0.15, 0.2) is 4.99 Å². The molecule has 2 heterocycles. The van der Waals surface area contributed by atoms with E-state index < -0.39 is 0 Å². The lowest BCUT2D eigenvalue weighted by Crippen LogP contribution is -2.53. The first kappa shape index (κ1) is 21.9. The molecule has 2 fully saturated rings. The van der Waals surface area contributed by atoms with Gasteiger partial charge in [-0.25, -0.2) is 4.99 Å². The fourth-order valence-corrected chi connectivity index (χ4v) is 5.72. The van der Waals surface area contributed by atoms with Crippen LogP contribution in [-0.2, 0) is 13.6 Å². The molecule has 1 aromatic heterocycles. The molecule has 2 aliphatic rings. The standard InChI is InChI=1S/C19H33N5S.HI/c1-5-20-18(21-13-17-15(2)22-23(4)16(17)3)24-11-12-25-19(14-24)9-7-6-8-10-19;/h5-14H2,1-4H3,(H,20,21);1H. The van der Waals surface area contributed by atoms with Crippen LogP contribution in [0.5, 0.6) is 0 Å². The lowest BCUT2D eigenvalue weighted by molar-refractivity contribution is 0.293. The maximum absolute atomic E-state index is 4.99. The first-order valence-corrected chi connectivity index (χ1v) is 10.7. The monoisotopic (exact) mass is 491 g/mol. The molecule has 1 spiro atoms. The minimum Gasteiger partial charge on any atom is -0.357 e. The van der Waals surface area contributed by atoms with E-state index in [0.717, 1.165) is 31.3 Å². The number of guanidine groups is 1. The van der Waals surface area contributed by atoms with Gasteiger partial charge < -0.3 is 10.2 Å². The van der Waals surface area contributed by atoms with E-state index in [1.54, 1.807) is 0 Å². The predicted octanol–water partition coefficient (Wildman–Crippen LogP) is 3.87. The van der Waals surface area contributed by atoms with Crippen molar-refractivity contribution in [2.24, 2.45) is 12.0 Å². The molecular weight excluding hydrogens is 457 g/mol. The van der Waals surface area contributed by atoms with E-state index in [4.69, 9.17) is 4.99 Å². The van der Waals surface area contributed by atoms with E-state index in [-0.39, 0.29) is 24.0 Å². The van der Waals surface area contributed by atoms with Gasteiger partial charge in [-0.3, -0.25) is 4.68 Å². The molecule has 1 aliphatic heterocycles. The van der Waals surface area contributed by atoms with Crippen LogP contribution in [0.1, 0.15) is 56.0 Å². The Balaban J connectivity index is 0.00000243. The molecule has 0 radical (unpaired) electrons. The first-order valence-electron chi connectivity index (χ1n) is 9.71. The second kappa shape index (κ2) is 9.66. The van der Waals surface area contributed by atoms with E-state index in [1.807, 2.05) is 11.7 Å². The summed E-state index contributed by atoms with van der Waals surface area (Å²) in [5.74, 6) is 2.30. The lowest BCUT2D eigenvalue weighted by Gasteiger charge is -2.45. The second-order valence-corrected chi connectivity index (χ2v) is 9.02. The smallest absolute Gasteiger partial charge is 0.194 e. The first-order chi connectivity index (χ1) is 12.0. The molecule has 0 aromatic carbocycles. The molecule has 0 bridgehead atoms. The summed E-state index contributed by atoms with van der Waals surface area (Å²) < 4.78 is 2.43. The number of nitrogens with zero attached hydrogens (tertiary/aromatic N) is 4. The number of hydrogen-bond donors (Lipinski definition) is 1. The van der Waals surface area contributed by atoms with Gasteiger partial charge in [0.25, 0.3) is 0 Å². The molecule has 7 heteroatoms. The van der Waals surface area contributed by atoms with Crippen molar-refractivity contribution in [3.05, 3.63) is 17.0 Å². The molecule has 1 saturated heterocycles. The normalized spacial score (nSPS) is 20.2. The van der Waals surface area contributed by atoms with E-state index in [0.29, 0.717) is 11.3 Å². The van der Waals surface area contributed by atoms with Gasteiger partial charge in [0, 0.05) is 48.4 Å². The van der Waals surface area contributed by atoms with Crippen molar-refractivity contribution >= 4 is 41.7 Å². The molecule has 3 rings (SSSR count). The quantitative estimate of drug-likeness (QED) is 0.396. The van der Waals surface area contributed by atoms with Crippen molar-refractivity contribution in [3.63, 3.8) is 0 Å². The highest BCUT2D eigenvalue weighted by molar-refractivity contribution is 14.0. The second-order valence-electron chi connectivity index (χ2n) is 7.46. The number of halogens is 1. The maximum Gasteiger partial charge on any atom is 0.194 e. The van der Waals surface area contributed by atoms with E-state index >= 15 is 0 Å². The zero-order chi connectivity index (χ0) is 17.9. The van der Waals surface area contributed by atoms with Gasteiger partial charge in [-0.15, -0.1) is 24.0 Å². The van der Waals surface area contributed by atoms with Gasteiger partial charge in [0.15, 0.2) is 5.96 Å². The molecule has 1 saturated carbocycles. The maximum atomic E-state index is 4.99. The summed E-state index contributed by atoms with van der Waals surface area (Å²) in [7, 11) is 2.01. The topological polar surface area (TPSA) is 45.5 Å². The Labute approximate surface area is 179 Å². The number of nitrogens with one attached hydrogen (secondary N) is 1. The van der Waals surface area contributed by atoms with Crippen LogP contribution in [0.25, 0.3) is 0 Å². The summed E-state index contributed by atoms with van der Waals surface area (Å²) >= 11 is 2.21. The molecule has 0 amide bonds. The molecule has 1 N–H and O–H groups in total. The lowest BCUT2D eigenvalue weighted by atomic mass is 9.87. The third-order valence-electron chi connectivity index (χ3n) is 5.69. The highest BCUT2D eigenvalue weighted by Gasteiger charge is 2.38. The number of aromatic nitrogens is 2. The van der Waals surface area contributed by atoms with Crippen LogP contribution in [0.3, 0.4) is 0 Å². The van der Waals surface area contributed by atoms with Crippen LogP contribution in [0.2, 0.25) is 0 Å². The fourth-order valence-electron chi connectivity index (χ4n) is 4.15. The Morgan fingerprint density at radius 1 is 1.27 bits per heavy atom. The van der Waals surface area contributed by atoms with Gasteiger partial charge in [-0.1, -0.05) is 19.3 Å². The molecule has 1 aliphatic carbocycles. The van der Waals surface area contributed by atoms with Gasteiger partial charge in [0.1, 0.15) is 0 Å². The minimum absolute atomic E-state index is 0. The summed E-state index contributed by atoms with van der Waals surface area (Å²) in [5.41, 5.74) is 3.57. The average molecular weight is 491 g/mol. The third kappa shape index (κ3) is 4.88. The summed E-state index contributed by atoms with van der Waals surface area (Å²) in [6.45, 7) is 10.2. The molecule has 148 valence electrons. The minimum atomic E-state index is 0. The zero-order valence-corrected chi connectivity index (χ0v) is 19.8. The summed E-state index contributed by atoms with van der Waals surface area (Å²) in [5, 5.41) is 8.06. The highest BCUT2D eigenvalue weighted by atomic mass is 127. The summed E-state index contributed by atoms with van der Waals surface area (Å²) in [6, 6.07) is 0. The summed E-state index contributed by atoms with van der Waals surface area (Å²) in [4.78, 5) is 7.50. The summed E-state index contributed by atoms with van der Waals surface area (Å²) in [6.07, 6.45) is 6.93. The Hall–Kier alpha value is -0.440. The average Bonchev–Trinajstić information content (AvgIpc) is 2.85. The molecule has 0 unspecified atom stereocenters. The van der Waals surface area contributed by atoms with Crippen LogP contribution in [0, 0.1) is 13.8 Å². The largest absolute Gasteiger partial charge is 0.357 e. The molecule has 5 nitrogen and oxygen atoms in total. The van der Waals surface area contributed by atoms with Crippen molar-refractivity contribution in [2.45, 2.75) is 64.2 Å². The van der Waals surface area contributed by atoms with Gasteiger partial charge in [0.2, 0.25) is 0 Å². The highest BCUT2D eigenvalue weighted by Crippen LogP contribution is 2.42. The number of aliphatic imine (C=N–C) groups is 1. The van der Waals surface area contributed by atoms with Crippen molar-refractivity contribution in [1.29, 1.82) is 0 Å². The van der Waals surface area contributed by atoms with Gasteiger partial charge in [-0.2, -0.15) is 16.9 Å². The number of rotatable bonds is 3. The van der Waals surface area contributed by atoms with E-state index in [1.165, 1.54) is 49.1 Å². The number of hydrogen-bond acceptors (Lipinski definition) is 3. The van der Waals surface area contributed by atoms with Gasteiger partial charge in [-0.05, 0) is 33.6 Å². The Bertz CT molecular complexity index is 616. The molecular formula is C19H34IN5S. The van der Waals surface area contributed by atoms with Gasteiger partial charge in [0.05, 0.1) is 12.2 Å². The number of aryl methyl sites for hydroxylation is 2. The Morgan fingerprint density at radius 2 is 2.00 bits per heavy atom. The Morgan fingerprint density at radius 3 is 2.62 bits per heavy atom. The fraction of sp³-hybridized carbons (Fsp3) is 0.789. The van der Waals surface area contributed by atoms with E-state index in [2.05, 4.69) is 47.8 Å². The SMILES string of the molecule is CCNC(=NCc1c(C)nn(C)c1C)N1CCSC2(CCCCC2)C1.I. The van der Waals surface area contributed by atoms with Crippen LogP contribution in [0.4, 0.5) is 0 Å². The van der Waals surface area contributed by atoms with Gasteiger partial charge >= 0.3 is 0 Å². The van der Waals surface area contributed by atoms with Crippen molar-refractivity contribution < 1.29 is 0 Å². The third-order valence-corrected chi connectivity index (χ3v) is 7.23. The predicted molar refractivity (Wildman–Crippen MR) is 123 cm³/mol. The zero-order valence-electron chi connectivity index (χ0n) is 16.7. The van der Waals surface area contributed by atoms with Crippen molar-refractivity contribution in [3.8, 4) is 0 Å². The van der Waals surface area contributed by atoms with Crippen molar-refractivity contribution in [1.82, 2.24) is 20.0 Å². The van der Waals surface area contributed by atoms with Crippen LogP contribution in [-0.4, -0.2) is 50.8 Å². The number of thioether (sulfide) groups is 1.